The van der Waals surface area contributed by atoms with E-state index in [-0.39, 0.29) is 5.91 Å². The largest absolute Gasteiger partial charge is 0.351 e. The summed E-state index contributed by atoms with van der Waals surface area (Å²) >= 11 is 7.17. The molecule has 1 aliphatic heterocycles. The molecule has 0 radical (unpaired) electrons. The fourth-order valence-electron chi connectivity index (χ4n) is 3.56. The number of carbonyl (C=O) groups is 1. The van der Waals surface area contributed by atoms with Gasteiger partial charge in [-0.1, -0.05) is 0 Å². The standard InChI is InChI=1S/C19H24ClN3O3S2/c1-13-11-16-7-10-27-18(16)14(2)23(13)9-8-21-19(24)15-3-5-17(6-4-15)22-28(25,26)12-20/h3-7,10,13-14,22H,8-9,11-12H2,1-2H3,(H,21,24)/t13-,14+/m1/s1. The summed E-state index contributed by atoms with van der Waals surface area (Å²) in [5, 5.41) is 4.58. The Bertz CT molecular complexity index is 928. The van der Waals surface area contributed by atoms with Gasteiger partial charge in [0.1, 0.15) is 5.21 Å². The number of fused-ring (bicyclic) bond motifs is 1. The average Bonchev–Trinajstić information content (AvgIpc) is 3.13. The molecule has 2 N–H and O–H groups in total. The van der Waals surface area contributed by atoms with Crippen molar-refractivity contribution in [1.82, 2.24) is 10.2 Å². The average molecular weight is 442 g/mol. The Labute approximate surface area is 174 Å². The van der Waals surface area contributed by atoms with Crippen LogP contribution in [0.2, 0.25) is 0 Å². The summed E-state index contributed by atoms with van der Waals surface area (Å²) in [5.41, 5.74) is 2.30. The Morgan fingerprint density at radius 2 is 1.96 bits per heavy atom. The van der Waals surface area contributed by atoms with Crippen LogP contribution in [0.25, 0.3) is 0 Å². The number of halogens is 1. The predicted molar refractivity (Wildman–Crippen MR) is 115 cm³/mol. The molecule has 0 aliphatic carbocycles. The normalized spacial score (nSPS) is 19.8. The van der Waals surface area contributed by atoms with Crippen LogP contribution in [0, 0.1) is 0 Å². The fraction of sp³-hybridized carbons (Fsp3) is 0.421. The van der Waals surface area contributed by atoms with E-state index in [4.69, 9.17) is 11.6 Å². The molecular formula is C19H24ClN3O3S2. The lowest BCUT2D eigenvalue weighted by atomic mass is 9.97. The number of sulfonamides is 1. The minimum absolute atomic E-state index is 0.180. The maximum absolute atomic E-state index is 12.4. The molecule has 0 saturated heterocycles. The number of hydrogen-bond donors (Lipinski definition) is 2. The Kier molecular flexibility index (Phi) is 6.65. The second kappa shape index (κ2) is 8.82. The molecule has 0 bridgehead atoms. The van der Waals surface area contributed by atoms with Gasteiger partial charge in [0.2, 0.25) is 10.0 Å². The summed E-state index contributed by atoms with van der Waals surface area (Å²) in [7, 11) is -3.55. The fourth-order valence-corrected chi connectivity index (χ4v) is 5.29. The molecule has 3 rings (SSSR count). The first-order chi connectivity index (χ1) is 13.3. The van der Waals surface area contributed by atoms with E-state index < -0.39 is 15.2 Å². The van der Waals surface area contributed by atoms with Crippen molar-refractivity contribution in [3.05, 3.63) is 51.7 Å². The molecule has 6 nitrogen and oxygen atoms in total. The predicted octanol–water partition coefficient (Wildman–Crippen LogP) is 3.42. The molecule has 0 saturated carbocycles. The third kappa shape index (κ3) is 4.86. The summed E-state index contributed by atoms with van der Waals surface area (Å²) in [6, 6.07) is 9.27. The summed E-state index contributed by atoms with van der Waals surface area (Å²) in [6.45, 7) is 5.76. The van der Waals surface area contributed by atoms with Crippen LogP contribution in [0.4, 0.5) is 5.69 Å². The van der Waals surface area contributed by atoms with Crippen LogP contribution in [0.5, 0.6) is 0 Å². The van der Waals surface area contributed by atoms with Crippen LogP contribution in [0.1, 0.15) is 40.7 Å². The third-order valence-electron chi connectivity index (χ3n) is 4.96. The van der Waals surface area contributed by atoms with E-state index in [2.05, 4.69) is 40.2 Å². The first-order valence-electron chi connectivity index (χ1n) is 9.07. The van der Waals surface area contributed by atoms with Gasteiger partial charge in [0.15, 0.2) is 0 Å². The van der Waals surface area contributed by atoms with Crippen LogP contribution >= 0.6 is 22.9 Å². The first-order valence-corrected chi connectivity index (χ1v) is 12.1. The molecule has 1 aliphatic rings. The number of anilines is 1. The van der Waals surface area contributed by atoms with E-state index in [0.717, 1.165) is 13.0 Å². The number of thiophene rings is 1. The van der Waals surface area contributed by atoms with Gasteiger partial charge < -0.3 is 5.32 Å². The molecule has 1 aromatic heterocycles. The SMILES string of the molecule is C[C@@H]1Cc2ccsc2[C@H](C)N1CCNC(=O)c1ccc(NS(=O)(=O)CCl)cc1. The van der Waals surface area contributed by atoms with Crippen molar-refractivity contribution in [3.8, 4) is 0 Å². The van der Waals surface area contributed by atoms with Crippen molar-refractivity contribution in [3.63, 3.8) is 0 Å². The van der Waals surface area contributed by atoms with Gasteiger partial charge in [0, 0.05) is 41.3 Å². The molecule has 1 amide bonds. The highest BCUT2D eigenvalue weighted by atomic mass is 35.5. The number of alkyl halides is 1. The highest BCUT2D eigenvalue weighted by Gasteiger charge is 2.29. The summed E-state index contributed by atoms with van der Waals surface area (Å²) in [5.74, 6) is -0.180. The zero-order chi connectivity index (χ0) is 20.3. The van der Waals surface area contributed by atoms with Crippen molar-refractivity contribution < 1.29 is 13.2 Å². The van der Waals surface area contributed by atoms with Crippen LogP contribution in [0.3, 0.4) is 0 Å². The van der Waals surface area contributed by atoms with E-state index in [0.29, 0.717) is 29.9 Å². The van der Waals surface area contributed by atoms with E-state index in [1.807, 2.05) is 0 Å². The maximum Gasteiger partial charge on any atom is 0.251 e. The van der Waals surface area contributed by atoms with Gasteiger partial charge in [-0.05, 0) is 61.5 Å². The Hall–Kier alpha value is -1.61. The zero-order valence-corrected chi connectivity index (χ0v) is 18.2. The molecule has 2 atom stereocenters. The monoisotopic (exact) mass is 441 g/mol. The second-order valence-electron chi connectivity index (χ2n) is 6.94. The summed E-state index contributed by atoms with van der Waals surface area (Å²) < 4.78 is 25.3. The van der Waals surface area contributed by atoms with Gasteiger partial charge in [-0.3, -0.25) is 14.4 Å². The number of hydrogen-bond acceptors (Lipinski definition) is 5. The quantitative estimate of drug-likeness (QED) is 0.645. The minimum Gasteiger partial charge on any atom is -0.351 e. The summed E-state index contributed by atoms with van der Waals surface area (Å²) in [4.78, 5) is 16.2. The molecule has 2 aromatic rings. The van der Waals surface area contributed by atoms with Gasteiger partial charge in [-0.15, -0.1) is 22.9 Å². The minimum atomic E-state index is -3.55. The lowest BCUT2D eigenvalue weighted by Gasteiger charge is -2.38. The van der Waals surface area contributed by atoms with Crippen LogP contribution in [0.15, 0.2) is 35.7 Å². The first kappa shape index (κ1) is 21.1. The molecule has 0 unspecified atom stereocenters. The lowest BCUT2D eigenvalue weighted by molar-refractivity contribution is 0.0930. The molecule has 9 heteroatoms. The van der Waals surface area contributed by atoms with Crippen LogP contribution in [-0.4, -0.2) is 43.6 Å². The Balaban J connectivity index is 1.53. The number of amides is 1. The van der Waals surface area contributed by atoms with Crippen molar-refractivity contribution in [1.29, 1.82) is 0 Å². The van der Waals surface area contributed by atoms with E-state index in [1.165, 1.54) is 10.4 Å². The third-order valence-corrected chi connectivity index (χ3v) is 7.78. The number of carbonyl (C=O) groups excluding carboxylic acids is 1. The number of rotatable bonds is 7. The number of benzene rings is 1. The van der Waals surface area contributed by atoms with Crippen molar-refractivity contribution >= 4 is 44.6 Å². The molecule has 1 aromatic carbocycles. The smallest absolute Gasteiger partial charge is 0.251 e. The van der Waals surface area contributed by atoms with Crippen LogP contribution < -0.4 is 10.0 Å². The van der Waals surface area contributed by atoms with Gasteiger partial charge in [-0.2, -0.15) is 0 Å². The molecule has 2 heterocycles. The lowest BCUT2D eigenvalue weighted by Crippen LogP contribution is -2.44. The highest BCUT2D eigenvalue weighted by Crippen LogP contribution is 2.35. The Morgan fingerprint density at radius 1 is 1.25 bits per heavy atom. The van der Waals surface area contributed by atoms with Gasteiger partial charge >= 0.3 is 0 Å². The van der Waals surface area contributed by atoms with E-state index in [9.17, 15) is 13.2 Å². The topological polar surface area (TPSA) is 78.5 Å². The van der Waals surface area contributed by atoms with E-state index >= 15 is 0 Å². The van der Waals surface area contributed by atoms with Gasteiger partial charge in [0.05, 0.1) is 0 Å². The Morgan fingerprint density at radius 3 is 2.64 bits per heavy atom. The van der Waals surface area contributed by atoms with Crippen molar-refractivity contribution in [2.24, 2.45) is 0 Å². The van der Waals surface area contributed by atoms with E-state index in [1.54, 1.807) is 35.6 Å². The van der Waals surface area contributed by atoms with Crippen molar-refractivity contribution in [2.45, 2.75) is 32.4 Å². The summed E-state index contributed by atoms with van der Waals surface area (Å²) in [6.07, 6.45) is 1.04. The zero-order valence-electron chi connectivity index (χ0n) is 15.8. The van der Waals surface area contributed by atoms with Crippen LogP contribution in [-0.2, 0) is 16.4 Å². The second-order valence-corrected chi connectivity index (χ2v) is 10.2. The molecule has 0 spiro atoms. The van der Waals surface area contributed by atoms with Gasteiger partial charge in [-0.25, -0.2) is 8.42 Å². The maximum atomic E-state index is 12.4. The number of nitrogens with zero attached hydrogens (tertiary/aromatic N) is 1. The molecule has 0 fully saturated rings. The number of nitrogens with one attached hydrogen (secondary N) is 2. The molecule has 152 valence electrons. The molecular weight excluding hydrogens is 418 g/mol. The molecule has 28 heavy (non-hydrogen) atoms. The van der Waals surface area contributed by atoms with Crippen molar-refractivity contribution in [2.75, 3.05) is 23.0 Å². The van der Waals surface area contributed by atoms with Gasteiger partial charge in [0.25, 0.3) is 5.91 Å². The highest BCUT2D eigenvalue weighted by molar-refractivity contribution is 7.93.